The van der Waals surface area contributed by atoms with Gasteiger partial charge in [-0.1, -0.05) is 0 Å². The molecule has 0 amide bonds. The molecule has 0 aromatic heterocycles. The Balaban J connectivity index is 3.35. The Labute approximate surface area is 99.3 Å². The SMILES string of the molecule is N[C@@H](c1cc(C(=O)O)cc(F)c1O)C(F)(F)CO. The van der Waals surface area contributed by atoms with E-state index in [4.69, 9.17) is 15.9 Å². The third-order valence-corrected chi connectivity index (χ3v) is 2.34. The van der Waals surface area contributed by atoms with Gasteiger partial charge in [0.2, 0.25) is 0 Å². The van der Waals surface area contributed by atoms with Crippen molar-refractivity contribution in [2.24, 2.45) is 5.73 Å². The molecular weight excluding hydrogens is 255 g/mol. The number of aliphatic hydroxyl groups excluding tert-OH is 1. The van der Waals surface area contributed by atoms with Gasteiger partial charge in [-0.2, -0.15) is 0 Å². The second-order valence-corrected chi connectivity index (χ2v) is 3.60. The number of halogens is 3. The summed E-state index contributed by atoms with van der Waals surface area (Å²) in [5.41, 5.74) is 3.67. The summed E-state index contributed by atoms with van der Waals surface area (Å²) in [5, 5.41) is 26.4. The number of hydrogen-bond donors (Lipinski definition) is 4. The maximum atomic E-state index is 13.2. The van der Waals surface area contributed by atoms with Crippen molar-refractivity contribution in [2.45, 2.75) is 12.0 Å². The maximum Gasteiger partial charge on any atom is 0.335 e. The second-order valence-electron chi connectivity index (χ2n) is 3.60. The van der Waals surface area contributed by atoms with E-state index in [1.807, 2.05) is 0 Å². The quantitative estimate of drug-likeness (QED) is 0.646. The highest BCUT2D eigenvalue weighted by molar-refractivity contribution is 5.88. The lowest BCUT2D eigenvalue weighted by Crippen LogP contribution is -2.36. The van der Waals surface area contributed by atoms with Gasteiger partial charge in [-0.05, 0) is 12.1 Å². The number of nitrogens with two attached hydrogens (primary N) is 1. The average molecular weight is 265 g/mol. The predicted molar refractivity (Wildman–Crippen MR) is 54.0 cm³/mol. The van der Waals surface area contributed by atoms with E-state index < -0.39 is 47.2 Å². The molecule has 0 saturated heterocycles. The first-order valence-corrected chi connectivity index (χ1v) is 4.70. The molecule has 0 fully saturated rings. The number of alkyl halides is 2. The van der Waals surface area contributed by atoms with Crippen molar-refractivity contribution < 1.29 is 33.3 Å². The van der Waals surface area contributed by atoms with Gasteiger partial charge in [-0.15, -0.1) is 0 Å². The van der Waals surface area contributed by atoms with Crippen LogP contribution < -0.4 is 5.73 Å². The smallest absolute Gasteiger partial charge is 0.335 e. The Morgan fingerprint density at radius 3 is 2.44 bits per heavy atom. The molecule has 0 radical (unpaired) electrons. The molecule has 1 aromatic rings. The van der Waals surface area contributed by atoms with Crippen LogP contribution in [0.2, 0.25) is 0 Å². The molecule has 8 heteroatoms. The first-order chi connectivity index (χ1) is 8.20. The van der Waals surface area contributed by atoms with Gasteiger partial charge in [0.05, 0.1) is 5.56 Å². The van der Waals surface area contributed by atoms with Crippen molar-refractivity contribution in [3.05, 3.63) is 29.1 Å². The van der Waals surface area contributed by atoms with Crippen molar-refractivity contribution in [1.29, 1.82) is 0 Å². The third-order valence-electron chi connectivity index (χ3n) is 2.34. The van der Waals surface area contributed by atoms with Crippen LogP contribution in [0.15, 0.2) is 12.1 Å². The number of aliphatic hydroxyl groups is 1. The Bertz CT molecular complexity index is 478. The molecule has 0 aliphatic carbocycles. The summed E-state index contributed by atoms with van der Waals surface area (Å²) in [5.74, 6) is -7.93. The van der Waals surface area contributed by atoms with Gasteiger partial charge in [0.25, 0.3) is 5.92 Å². The number of carboxylic acid groups (broad SMARTS) is 1. The maximum absolute atomic E-state index is 13.2. The predicted octanol–water partition coefficient (Wildman–Crippen LogP) is 0.857. The van der Waals surface area contributed by atoms with Crippen LogP contribution in [-0.2, 0) is 0 Å². The number of aromatic carboxylic acids is 1. The minimum absolute atomic E-state index is 0.477. The molecule has 0 saturated carbocycles. The number of rotatable bonds is 4. The molecule has 100 valence electrons. The lowest BCUT2D eigenvalue weighted by atomic mass is 9.98. The molecule has 18 heavy (non-hydrogen) atoms. The topological polar surface area (TPSA) is 104 Å². The first kappa shape index (κ1) is 14.3. The zero-order valence-corrected chi connectivity index (χ0v) is 8.90. The molecule has 0 bridgehead atoms. The van der Waals surface area contributed by atoms with E-state index in [2.05, 4.69) is 0 Å². The Hall–Kier alpha value is -1.80. The van der Waals surface area contributed by atoms with Crippen LogP contribution in [0, 0.1) is 5.82 Å². The van der Waals surface area contributed by atoms with E-state index in [1.54, 1.807) is 0 Å². The van der Waals surface area contributed by atoms with Crippen LogP contribution in [0.25, 0.3) is 0 Å². The van der Waals surface area contributed by atoms with E-state index in [-0.39, 0.29) is 0 Å². The summed E-state index contributed by atoms with van der Waals surface area (Å²) in [6.45, 7) is -1.62. The minimum atomic E-state index is -3.82. The zero-order valence-electron chi connectivity index (χ0n) is 8.90. The molecule has 0 spiro atoms. The zero-order chi connectivity index (χ0) is 14.1. The summed E-state index contributed by atoms with van der Waals surface area (Å²) in [7, 11) is 0. The molecule has 5 nitrogen and oxygen atoms in total. The number of phenolic OH excluding ortho intramolecular Hbond substituents is 1. The summed E-state index contributed by atoms with van der Waals surface area (Å²) < 4.78 is 39.4. The van der Waals surface area contributed by atoms with Crippen LogP contribution in [-0.4, -0.2) is 33.8 Å². The normalized spacial score (nSPS) is 13.4. The fourth-order valence-corrected chi connectivity index (χ4v) is 1.31. The van der Waals surface area contributed by atoms with E-state index in [0.29, 0.717) is 12.1 Å². The third kappa shape index (κ3) is 2.54. The molecule has 0 aliphatic heterocycles. The van der Waals surface area contributed by atoms with Gasteiger partial charge in [-0.3, -0.25) is 0 Å². The van der Waals surface area contributed by atoms with Crippen molar-refractivity contribution in [3.8, 4) is 5.75 Å². The minimum Gasteiger partial charge on any atom is -0.505 e. The number of carbonyl (C=O) groups is 1. The molecule has 1 aromatic carbocycles. The van der Waals surface area contributed by atoms with Gasteiger partial charge >= 0.3 is 5.97 Å². The number of phenols is 1. The summed E-state index contributed by atoms with van der Waals surface area (Å²) in [6.07, 6.45) is 0. The monoisotopic (exact) mass is 265 g/mol. The van der Waals surface area contributed by atoms with Crippen LogP contribution in [0.4, 0.5) is 13.2 Å². The fraction of sp³-hybridized carbons (Fsp3) is 0.300. The van der Waals surface area contributed by atoms with Crippen LogP contribution in [0.1, 0.15) is 22.0 Å². The Morgan fingerprint density at radius 1 is 1.44 bits per heavy atom. The first-order valence-electron chi connectivity index (χ1n) is 4.70. The second kappa shape index (κ2) is 4.83. The lowest BCUT2D eigenvalue weighted by Gasteiger charge is -2.22. The van der Waals surface area contributed by atoms with E-state index in [9.17, 15) is 23.1 Å². The number of benzene rings is 1. The summed E-state index contributed by atoms with van der Waals surface area (Å²) in [6, 6.07) is -1.11. The molecule has 0 unspecified atom stereocenters. The number of aromatic hydroxyl groups is 1. The van der Waals surface area contributed by atoms with Crippen molar-refractivity contribution >= 4 is 5.97 Å². The molecule has 0 aliphatic rings. The van der Waals surface area contributed by atoms with Gasteiger partial charge in [-0.25, -0.2) is 18.0 Å². The highest BCUT2D eigenvalue weighted by atomic mass is 19.3. The van der Waals surface area contributed by atoms with Gasteiger partial charge in [0.15, 0.2) is 11.6 Å². The standard InChI is InChI=1S/C10H10F3NO4/c11-6-2-4(9(17)18)1-5(7(6)16)8(14)10(12,13)3-15/h1-2,8,15-16H,3,14H2,(H,17,18)/t8-/m0/s1. The molecular formula is C10H10F3NO4. The van der Waals surface area contributed by atoms with Crippen molar-refractivity contribution in [1.82, 2.24) is 0 Å². The Kier molecular flexibility index (Phi) is 3.82. The van der Waals surface area contributed by atoms with Gasteiger partial charge < -0.3 is 21.1 Å². The highest BCUT2D eigenvalue weighted by Crippen LogP contribution is 2.35. The number of carboxylic acids is 1. The van der Waals surface area contributed by atoms with E-state index in [1.165, 1.54) is 0 Å². The molecule has 0 heterocycles. The molecule has 1 atom stereocenters. The molecule has 5 N–H and O–H groups in total. The highest BCUT2D eigenvalue weighted by Gasteiger charge is 2.39. The number of hydrogen-bond acceptors (Lipinski definition) is 4. The summed E-state index contributed by atoms with van der Waals surface area (Å²) >= 11 is 0. The van der Waals surface area contributed by atoms with Gasteiger partial charge in [0, 0.05) is 5.56 Å². The van der Waals surface area contributed by atoms with Crippen LogP contribution >= 0.6 is 0 Å². The van der Waals surface area contributed by atoms with Crippen LogP contribution in [0.3, 0.4) is 0 Å². The fourth-order valence-electron chi connectivity index (χ4n) is 1.31. The largest absolute Gasteiger partial charge is 0.505 e. The van der Waals surface area contributed by atoms with E-state index in [0.717, 1.165) is 0 Å². The van der Waals surface area contributed by atoms with Crippen LogP contribution in [0.5, 0.6) is 5.75 Å². The lowest BCUT2D eigenvalue weighted by molar-refractivity contribution is -0.0716. The van der Waals surface area contributed by atoms with Crippen molar-refractivity contribution in [3.63, 3.8) is 0 Å². The Morgan fingerprint density at radius 2 is 2.00 bits per heavy atom. The van der Waals surface area contributed by atoms with Gasteiger partial charge in [0.1, 0.15) is 12.6 Å². The molecule has 1 rings (SSSR count). The average Bonchev–Trinajstić information content (AvgIpc) is 2.31. The summed E-state index contributed by atoms with van der Waals surface area (Å²) in [4.78, 5) is 10.6. The van der Waals surface area contributed by atoms with E-state index >= 15 is 0 Å². The van der Waals surface area contributed by atoms with Crippen molar-refractivity contribution in [2.75, 3.05) is 6.61 Å².